The molecule has 27 heavy (non-hydrogen) atoms. The molecule has 140 valence electrons. The van der Waals surface area contributed by atoms with Crippen LogP contribution in [0, 0.1) is 10.1 Å². The Labute approximate surface area is 174 Å². The van der Waals surface area contributed by atoms with Crippen LogP contribution in [-0.2, 0) is 4.79 Å². The maximum atomic E-state index is 12.3. The quantitative estimate of drug-likeness (QED) is 0.412. The summed E-state index contributed by atoms with van der Waals surface area (Å²) in [4.78, 5) is 22.8. The molecule has 0 radical (unpaired) electrons. The number of thioether (sulfide) groups is 1. The van der Waals surface area contributed by atoms with Gasteiger partial charge in [-0.3, -0.25) is 20.3 Å². The molecule has 0 spiro atoms. The van der Waals surface area contributed by atoms with E-state index in [1.165, 1.54) is 35.0 Å². The summed E-state index contributed by atoms with van der Waals surface area (Å²) >= 11 is 18.9. The fourth-order valence-electron chi connectivity index (χ4n) is 2.43. The predicted molar refractivity (Wildman–Crippen MR) is 111 cm³/mol. The van der Waals surface area contributed by atoms with Crippen LogP contribution in [0.3, 0.4) is 0 Å². The minimum atomic E-state index is -0.559. The summed E-state index contributed by atoms with van der Waals surface area (Å²) in [6.07, 6.45) is 0. The number of carbonyl (C=O) groups is 1. The minimum Gasteiger partial charge on any atom is -0.330 e. The number of halogens is 2. The second kappa shape index (κ2) is 8.30. The summed E-state index contributed by atoms with van der Waals surface area (Å²) in [5.74, 6) is -0.0401. The van der Waals surface area contributed by atoms with Gasteiger partial charge in [0, 0.05) is 22.7 Å². The molecule has 7 nitrogen and oxygen atoms in total. The molecule has 0 unspecified atom stereocenters. The molecule has 11 heteroatoms. The first-order chi connectivity index (χ1) is 12.9. The van der Waals surface area contributed by atoms with Crippen molar-refractivity contribution in [3.63, 3.8) is 0 Å². The Hall–Kier alpha value is -2.07. The Morgan fingerprint density at radius 1 is 1.26 bits per heavy atom. The fraction of sp³-hybridized carbons (Fsp3) is 0.125. The third-order valence-electron chi connectivity index (χ3n) is 3.67. The van der Waals surface area contributed by atoms with E-state index in [0.717, 1.165) is 0 Å². The number of anilines is 1. The molecule has 1 heterocycles. The molecule has 1 saturated heterocycles. The summed E-state index contributed by atoms with van der Waals surface area (Å²) < 4.78 is 0. The summed E-state index contributed by atoms with van der Waals surface area (Å²) in [5, 5.41) is 15.7. The number of nitrogens with zero attached hydrogens (tertiary/aromatic N) is 2. The highest BCUT2D eigenvalue weighted by molar-refractivity contribution is 8.00. The number of hydrogen-bond acceptors (Lipinski definition) is 5. The van der Waals surface area contributed by atoms with Gasteiger partial charge in [-0.25, -0.2) is 5.01 Å². The molecule has 2 aromatic rings. The van der Waals surface area contributed by atoms with Gasteiger partial charge in [-0.1, -0.05) is 35.3 Å². The van der Waals surface area contributed by atoms with Crippen molar-refractivity contribution in [2.45, 2.75) is 5.37 Å². The second-order valence-electron chi connectivity index (χ2n) is 5.44. The predicted octanol–water partition coefficient (Wildman–Crippen LogP) is 4.38. The highest BCUT2D eigenvalue weighted by Crippen LogP contribution is 2.41. The molecule has 1 atom stereocenters. The molecule has 1 aliphatic rings. The van der Waals surface area contributed by atoms with Crippen molar-refractivity contribution < 1.29 is 9.72 Å². The number of para-hydroxylation sites is 1. The molecular formula is C16H12Cl2N4O3S2. The molecule has 1 amide bonds. The van der Waals surface area contributed by atoms with Crippen LogP contribution >= 0.6 is 47.2 Å². The molecule has 1 aliphatic heterocycles. The molecule has 2 N–H and O–H groups in total. The summed E-state index contributed by atoms with van der Waals surface area (Å²) in [6.45, 7) is 0. The van der Waals surface area contributed by atoms with Gasteiger partial charge in [0.25, 0.3) is 11.6 Å². The molecule has 0 bridgehead atoms. The molecule has 2 aromatic carbocycles. The van der Waals surface area contributed by atoms with E-state index in [9.17, 15) is 14.9 Å². The van der Waals surface area contributed by atoms with Crippen molar-refractivity contribution in [2.24, 2.45) is 0 Å². The van der Waals surface area contributed by atoms with E-state index in [-0.39, 0.29) is 22.5 Å². The molecule has 0 saturated carbocycles. The number of nitrogens with one attached hydrogen (secondary N) is 2. The lowest BCUT2D eigenvalue weighted by Gasteiger charge is -2.26. The minimum absolute atomic E-state index is 0.105. The van der Waals surface area contributed by atoms with Gasteiger partial charge in [0.2, 0.25) is 0 Å². The lowest BCUT2D eigenvalue weighted by Crippen LogP contribution is -2.46. The summed E-state index contributed by atoms with van der Waals surface area (Å²) in [5.41, 5.74) is 3.76. The first-order valence-electron chi connectivity index (χ1n) is 7.56. The van der Waals surface area contributed by atoms with E-state index in [1.807, 2.05) is 0 Å². The van der Waals surface area contributed by atoms with Crippen LogP contribution < -0.4 is 10.7 Å². The smallest absolute Gasteiger partial charge is 0.269 e. The number of nitro groups is 1. The molecule has 3 rings (SSSR count). The van der Waals surface area contributed by atoms with Crippen LogP contribution in [0.1, 0.15) is 10.9 Å². The van der Waals surface area contributed by atoms with Crippen molar-refractivity contribution >= 4 is 69.6 Å². The van der Waals surface area contributed by atoms with Crippen LogP contribution in [0.15, 0.2) is 42.5 Å². The zero-order valence-corrected chi connectivity index (χ0v) is 16.7. The highest BCUT2D eigenvalue weighted by Gasteiger charge is 2.35. The fourth-order valence-corrected chi connectivity index (χ4v) is 4.24. The monoisotopic (exact) mass is 442 g/mol. The normalized spacial score (nSPS) is 16.3. The SMILES string of the molecule is O=C1CS[C@H](c2cc([N+](=O)[O-])ccc2Cl)N1NC(=S)Nc1ccccc1Cl. The molecule has 0 aromatic heterocycles. The number of nitro benzene ring substituents is 1. The maximum Gasteiger partial charge on any atom is 0.269 e. The number of rotatable bonds is 4. The number of non-ortho nitro benzene ring substituents is 1. The van der Waals surface area contributed by atoms with Gasteiger partial charge in [-0.15, -0.1) is 11.8 Å². The van der Waals surface area contributed by atoms with E-state index in [0.29, 0.717) is 21.3 Å². The lowest BCUT2D eigenvalue weighted by atomic mass is 10.2. The molecule has 1 fully saturated rings. The van der Waals surface area contributed by atoms with Gasteiger partial charge in [0.05, 0.1) is 21.4 Å². The number of hydrazine groups is 1. The van der Waals surface area contributed by atoms with Crippen LogP contribution in [-0.4, -0.2) is 26.7 Å². The van der Waals surface area contributed by atoms with Gasteiger partial charge >= 0.3 is 0 Å². The standard InChI is InChI=1S/C16H12Cl2N4O3S2/c17-11-6-5-9(22(24)25)7-10(11)15-21(14(23)8-27-15)20-16(26)19-13-4-2-1-3-12(13)18/h1-7,15H,8H2,(H2,19,20,26)/t15-/m1/s1. The van der Waals surface area contributed by atoms with Crippen molar-refractivity contribution in [3.05, 3.63) is 68.2 Å². The van der Waals surface area contributed by atoms with Gasteiger partial charge in [-0.05, 0) is 30.4 Å². The zero-order chi connectivity index (χ0) is 19.6. The van der Waals surface area contributed by atoms with E-state index in [4.69, 9.17) is 35.4 Å². The van der Waals surface area contributed by atoms with Gasteiger partial charge < -0.3 is 5.32 Å². The van der Waals surface area contributed by atoms with E-state index in [1.54, 1.807) is 24.3 Å². The number of carbonyl (C=O) groups excluding carboxylic acids is 1. The number of benzene rings is 2. The maximum absolute atomic E-state index is 12.3. The topological polar surface area (TPSA) is 87.5 Å². The van der Waals surface area contributed by atoms with Gasteiger partial charge in [-0.2, -0.15) is 0 Å². The molecule has 0 aliphatic carbocycles. The van der Waals surface area contributed by atoms with E-state index < -0.39 is 10.3 Å². The average Bonchev–Trinajstić information content (AvgIpc) is 2.97. The van der Waals surface area contributed by atoms with Crippen LogP contribution in [0.2, 0.25) is 10.0 Å². The zero-order valence-electron chi connectivity index (χ0n) is 13.5. The largest absolute Gasteiger partial charge is 0.330 e. The number of thiocarbonyl (C=S) groups is 1. The van der Waals surface area contributed by atoms with E-state index in [2.05, 4.69) is 10.7 Å². The third-order valence-corrected chi connectivity index (χ3v) is 5.73. The first kappa shape index (κ1) is 19.7. The van der Waals surface area contributed by atoms with E-state index >= 15 is 0 Å². The summed E-state index contributed by atoms with van der Waals surface area (Å²) in [6, 6.07) is 11.1. The Balaban J connectivity index is 1.81. The second-order valence-corrected chi connectivity index (χ2v) is 7.73. The van der Waals surface area contributed by atoms with Crippen molar-refractivity contribution in [3.8, 4) is 0 Å². The van der Waals surface area contributed by atoms with Crippen molar-refractivity contribution in [1.82, 2.24) is 10.4 Å². The third kappa shape index (κ3) is 4.44. The molecular weight excluding hydrogens is 431 g/mol. The first-order valence-corrected chi connectivity index (χ1v) is 9.78. The van der Waals surface area contributed by atoms with Gasteiger partial charge in [0.1, 0.15) is 5.37 Å². The van der Waals surface area contributed by atoms with Crippen LogP contribution in [0.4, 0.5) is 11.4 Å². The highest BCUT2D eigenvalue weighted by atomic mass is 35.5. The van der Waals surface area contributed by atoms with Crippen LogP contribution in [0.5, 0.6) is 0 Å². The summed E-state index contributed by atoms with van der Waals surface area (Å²) in [7, 11) is 0. The van der Waals surface area contributed by atoms with Crippen molar-refractivity contribution in [2.75, 3.05) is 11.1 Å². The van der Waals surface area contributed by atoms with Gasteiger partial charge in [0.15, 0.2) is 5.11 Å². The Morgan fingerprint density at radius 3 is 2.70 bits per heavy atom. The van der Waals surface area contributed by atoms with Crippen LogP contribution in [0.25, 0.3) is 0 Å². The Bertz CT molecular complexity index is 928. The van der Waals surface area contributed by atoms with Crippen molar-refractivity contribution in [1.29, 1.82) is 0 Å². The average molecular weight is 443 g/mol. The lowest BCUT2D eigenvalue weighted by molar-refractivity contribution is -0.384. The Kier molecular flexibility index (Phi) is 6.05. The number of hydrogen-bond donors (Lipinski definition) is 2. The number of amides is 1. The Morgan fingerprint density at radius 2 is 2.00 bits per heavy atom.